The molecule has 0 aromatic carbocycles. The zero-order valence-corrected chi connectivity index (χ0v) is 13.8. The first kappa shape index (κ1) is 14.4. The van der Waals surface area contributed by atoms with Crippen LogP contribution in [-0.2, 0) is 8.85 Å². The van der Waals surface area contributed by atoms with Gasteiger partial charge in [-0.15, -0.1) is 0 Å². The maximum atomic E-state index is 6.27. The van der Waals surface area contributed by atoms with Gasteiger partial charge in [0.05, 0.1) is 12.2 Å². The molecule has 1 aliphatic rings. The first-order valence-corrected chi connectivity index (χ1v) is 13.3. The molecule has 0 N–H and O–H groups in total. The number of rotatable bonds is 4. The fraction of sp³-hybridized carbons (Fsp3) is 1.00. The maximum absolute atomic E-state index is 6.27. The Labute approximate surface area is 103 Å². The van der Waals surface area contributed by atoms with E-state index in [0.29, 0.717) is 12.2 Å². The van der Waals surface area contributed by atoms with Crippen molar-refractivity contribution in [2.75, 3.05) is 0 Å². The Morgan fingerprint density at radius 2 is 1.00 bits per heavy atom. The van der Waals surface area contributed by atoms with Gasteiger partial charge in [0.25, 0.3) is 0 Å². The summed E-state index contributed by atoms with van der Waals surface area (Å²) in [5.41, 5.74) is 0. The second-order valence-electron chi connectivity index (χ2n) is 6.82. The van der Waals surface area contributed by atoms with E-state index in [0.717, 1.165) is 0 Å². The summed E-state index contributed by atoms with van der Waals surface area (Å²) in [6, 6.07) is 0. The molecule has 1 rings (SSSR count). The molecule has 1 aliphatic carbocycles. The van der Waals surface area contributed by atoms with Crippen molar-refractivity contribution in [3.63, 3.8) is 0 Å². The molecule has 4 heteroatoms. The molecular weight excluding hydrogens is 232 g/mol. The lowest BCUT2D eigenvalue weighted by Gasteiger charge is -2.38. The predicted molar refractivity (Wildman–Crippen MR) is 74.9 cm³/mol. The number of hydrogen-bond acceptors (Lipinski definition) is 2. The molecule has 0 amide bonds. The molecular formula is C12H28O2Si2. The Morgan fingerprint density at radius 1 is 0.688 bits per heavy atom. The van der Waals surface area contributed by atoms with Gasteiger partial charge in [-0.2, -0.15) is 0 Å². The van der Waals surface area contributed by atoms with Crippen molar-refractivity contribution in [3.05, 3.63) is 0 Å². The largest absolute Gasteiger partial charge is 0.412 e. The lowest BCUT2D eigenvalue weighted by molar-refractivity contribution is 0.0138. The Morgan fingerprint density at radius 3 is 1.25 bits per heavy atom. The van der Waals surface area contributed by atoms with Crippen LogP contribution >= 0.6 is 0 Å². The Bertz CT molecular complexity index is 194. The van der Waals surface area contributed by atoms with E-state index in [-0.39, 0.29) is 0 Å². The van der Waals surface area contributed by atoms with Crippen LogP contribution in [-0.4, -0.2) is 28.8 Å². The summed E-state index contributed by atoms with van der Waals surface area (Å²) in [4.78, 5) is 0. The van der Waals surface area contributed by atoms with Crippen LogP contribution in [0.5, 0.6) is 0 Å². The topological polar surface area (TPSA) is 18.5 Å². The predicted octanol–water partition coefficient (Wildman–Crippen LogP) is 4.00. The van der Waals surface area contributed by atoms with Crippen LogP contribution < -0.4 is 0 Å². The highest BCUT2D eigenvalue weighted by Crippen LogP contribution is 2.28. The molecule has 0 radical (unpaired) electrons. The summed E-state index contributed by atoms with van der Waals surface area (Å²) in [6.45, 7) is 13.6. The molecule has 0 saturated heterocycles. The van der Waals surface area contributed by atoms with Crippen molar-refractivity contribution in [2.45, 2.75) is 77.2 Å². The van der Waals surface area contributed by atoms with Crippen LogP contribution in [0.3, 0.4) is 0 Å². The zero-order chi connectivity index (χ0) is 12.4. The number of hydrogen-bond donors (Lipinski definition) is 0. The standard InChI is InChI=1S/C12H28O2Si2/c1-15(2,3)13-11-9-7-8-10-12(11)14-16(4,5)6/h11-12H,7-10H2,1-6H3/t11-,12-/m1/s1. The van der Waals surface area contributed by atoms with E-state index in [2.05, 4.69) is 39.3 Å². The highest BCUT2D eigenvalue weighted by atomic mass is 28.4. The second kappa shape index (κ2) is 5.33. The van der Waals surface area contributed by atoms with Crippen molar-refractivity contribution in [3.8, 4) is 0 Å². The molecule has 0 spiro atoms. The van der Waals surface area contributed by atoms with E-state index in [1.165, 1.54) is 25.7 Å². The molecule has 0 aromatic heterocycles. The average molecular weight is 261 g/mol. The first-order valence-electron chi connectivity index (χ1n) is 6.53. The summed E-state index contributed by atoms with van der Waals surface area (Å²) in [7, 11) is -2.85. The Kier molecular flexibility index (Phi) is 4.81. The quantitative estimate of drug-likeness (QED) is 0.711. The minimum absolute atomic E-state index is 0.368. The van der Waals surface area contributed by atoms with E-state index in [4.69, 9.17) is 8.85 Å². The summed E-state index contributed by atoms with van der Waals surface area (Å²) in [5, 5.41) is 0. The van der Waals surface area contributed by atoms with Gasteiger partial charge in [-0.05, 0) is 52.1 Å². The normalized spacial score (nSPS) is 28.1. The van der Waals surface area contributed by atoms with Crippen LogP contribution in [0, 0.1) is 0 Å². The van der Waals surface area contributed by atoms with Gasteiger partial charge in [-0.1, -0.05) is 12.8 Å². The molecule has 16 heavy (non-hydrogen) atoms. The third-order valence-electron chi connectivity index (χ3n) is 2.65. The molecule has 2 atom stereocenters. The van der Waals surface area contributed by atoms with E-state index < -0.39 is 16.6 Å². The van der Waals surface area contributed by atoms with Crippen molar-refractivity contribution < 1.29 is 8.85 Å². The van der Waals surface area contributed by atoms with Crippen LogP contribution in [0.1, 0.15) is 25.7 Å². The first-order chi connectivity index (χ1) is 7.17. The lowest BCUT2D eigenvalue weighted by atomic mass is 9.95. The van der Waals surface area contributed by atoms with Crippen molar-refractivity contribution in [1.29, 1.82) is 0 Å². The van der Waals surface area contributed by atoms with Gasteiger partial charge >= 0.3 is 0 Å². The molecule has 0 unspecified atom stereocenters. The highest BCUT2D eigenvalue weighted by Gasteiger charge is 2.33. The maximum Gasteiger partial charge on any atom is 0.184 e. The summed E-state index contributed by atoms with van der Waals surface area (Å²) in [6.07, 6.45) is 5.74. The fourth-order valence-corrected chi connectivity index (χ4v) is 4.60. The molecule has 1 saturated carbocycles. The summed E-state index contributed by atoms with van der Waals surface area (Å²) in [5.74, 6) is 0. The van der Waals surface area contributed by atoms with Crippen molar-refractivity contribution in [1.82, 2.24) is 0 Å². The fourth-order valence-electron chi connectivity index (χ4n) is 2.24. The Balaban J connectivity index is 2.57. The average Bonchev–Trinajstić information content (AvgIpc) is 2.03. The minimum atomic E-state index is -1.43. The molecule has 96 valence electrons. The molecule has 1 fully saturated rings. The van der Waals surface area contributed by atoms with E-state index >= 15 is 0 Å². The van der Waals surface area contributed by atoms with Gasteiger partial charge in [0, 0.05) is 0 Å². The van der Waals surface area contributed by atoms with Gasteiger partial charge < -0.3 is 8.85 Å². The monoisotopic (exact) mass is 260 g/mol. The van der Waals surface area contributed by atoms with Crippen molar-refractivity contribution in [2.24, 2.45) is 0 Å². The summed E-state index contributed by atoms with van der Waals surface area (Å²) >= 11 is 0. The molecule has 0 aromatic rings. The van der Waals surface area contributed by atoms with E-state index in [1.54, 1.807) is 0 Å². The minimum Gasteiger partial charge on any atom is -0.412 e. The lowest BCUT2D eigenvalue weighted by Crippen LogP contribution is -2.46. The van der Waals surface area contributed by atoms with Gasteiger partial charge in [-0.25, -0.2) is 0 Å². The van der Waals surface area contributed by atoms with E-state index in [1.807, 2.05) is 0 Å². The highest BCUT2D eigenvalue weighted by molar-refractivity contribution is 6.70. The smallest absolute Gasteiger partial charge is 0.184 e. The molecule has 0 heterocycles. The van der Waals surface area contributed by atoms with Crippen LogP contribution in [0.25, 0.3) is 0 Å². The van der Waals surface area contributed by atoms with Gasteiger partial charge in [0.15, 0.2) is 16.6 Å². The van der Waals surface area contributed by atoms with Crippen molar-refractivity contribution >= 4 is 16.6 Å². The second-order valence-corrected chi connectivity index (χ2v) is 15.7. The van der Waals surface area contributed by atoms with E-state index in [9.17, 15) is 0 Å². The Hall–Kier alpha value is 0.354. The SMILES string of the molecule is C[Si](C)(C)O[C@@H]1CCCC[C@H]1O[Si](C)(C)C. The van der Waals surface area contributed by atoms with Gasteiger partial charge in [0.2, 0.25) is 0 Å². The molecule has 0 bridgehead atoms. The van der Waals surface area contributed by atoms with Crippen LogP contribution in [0.4, 0.5) is 0 Å². The van der Waals surface area contributed by atoms with Crippen LogP contribution in [0.2, 0.25) is 39.3 Å². The third kappa shape index (κ3) is 5.61. The zero-order valence-electron chi connectivity index (χ0n) is 11.8. The molecule has 2 nitrogen and oxygen atoms in total. The van der Waals surface area contributed by atoms with Crippen LogP contribution in [0.15, 0.2) is 0 Å². The molecule has 0 aliphatic heterocycles. The summed E-state index contributed by atoms with van der Waals surface area (Å²) < 4.78 is 12.5. The van der Waals surface area contributed by atoms with Gasteiger partial charge in [-0.3, -0.25) is 0 Å². The van der Waals surface area contributed by atoms with Gasteiger partial charge in [0.1, 0.15) is 0 Å². The third-order valence-corrected chi connectivity index (χ3v) is 4.67.